The first-order chi connectivity index (χ1) is 10.5. The topological polar surface area (TPSA) is 43.4 Å². The normalized spacial score (nSPS) is 11.7. The van der Waals surface area contributed by atoms with E-state index < -0.39 is 9.84 Å². The molecular weight excluding hydrogens is 320 g/mol. The van der Waals surface area contributed by atoms with Gasteiger partial charge in [-0.3, -0.25) is 0 Å². The van der Waals surface area contributed by atoms with Gasteiger partial charge in [0.25, 0.3) is 0 Å². The smallest absolute Gasteiger partial charge is 0.158 e. The number of hydrogen-bond donors (Lipinski definition) is 0. The average molecular weight is 337 g/mol. The van der Waals surface area contributed by atoms with E-state index in [1.165, 1.54) is 7.11 Å². The molecule has 0 amide bonds. The Balaban J connectivity index is 2.08. The largest absolute Gasteiger partial charge is 0.496 e. The summed E-state index contributed by atoms with van der Waals surface area (Å²) >= 11 is 5.92. The third-order valence-corrected chi connectivity index (χ3v) is 4.76. The third-order valence-electron chi connectivity index (χ3n) is 3.08. The zero-order valence-corrected chi connectivity index (χ0v) is 13.8. The van der Waals surface area contributed by atoms with Crippen molar-refractivity contribution in [2.24, 2.45) is 0 Å². The molecule has 3 nitrogen and oxygen atoms in total. The van der Waals surface area contributed by atoms with Gasteiger partial charge < -0.3 is 4.74 Å². The van der Waals surface area contributed by atoms with Crippen molar-refractivity contribution in [1.29, 1.82) is 0 Å². The van der Waals surface area contributed by atoms with Crippen molar-refractivity contribution in [1.82, 2.24) is 0 Å². The Morgan fingerprint density at radius 1 is 1.14 bits per heavy atom. The fraction of sp³-hybridized carbons (Fsp3) is 0.176. The minimum absolute atomic E-state index is 0.0302. The van der Waals surface area contributed by atoms with Gasteiger partial charge in [0.05, 0.1) is 18.6 Å². The van der Waals surface area contributed by atoms with Crippen LogP contribution in [0.5, 0.6) is 5.75 Å². The summed E-state index contributed by atoms with van der Waals surface area (Å²) in [4.78, 5) is 0. The van der Waals surface area contributed by atoms with Gasteiger partial charge in [-0.2, -0.15) is 0 Å². The molecule has 0 heterocycles. The third kappa shape index (κ3) is 4.90. The molecule has 22 heavy (non-hydrogen) atoms. The highest BCUT2D eigenvalue weighted by Gasteiger charge is 2.14. The van der Waals surface area contributed by atoms with E-state index in [1.807, 2.05) is 30.3 Å². The van der Waals surface area contributed by atoms with Crippen molar-refractivity contribution in [3.63, 3.8) is 0 Å². The van der Waals surface area contributed by atoms with Crippen molar-refractivity contribution < 1.29 is 13.2 Å². The summed E-state index contributed by atoms with van der Waals surface area (Å²) in [7, 11) is -1.77. The fourth-order valence-electron chi connectivity index (χ4n) is 2.05. The molecule has 0 spiro atoms. The molecule has 2 aromatic rings. The molecule has 2 aromatic carbocycles. The molecule has 0 aliphatic carbocycles. The fourth-order valence-corrected chi connectivity index (χ4v) is 3.45. The van der Waals surface area contributed by atoms with Gasteiger partial charge in [-0.1, -0.05) is 54.1 Å². The number of benzene rings is 2. The molecule has 2 rings (SSSR count). The van der Waals surface area contributed by atoms with Crippen LogP contribution in [-0.4, -0.2) is 21.3 Å². The maximum absolute atomic E-state index is 12.2. The molecule has 0 saturated heterocycles. The molecule has 0 saturated carbocycles. The lowest BCUT2D eigenvalue weighted by Gasteiger charge is -2.08. The van der Waals surface area contributed by atoms with Gasteiger partial charge in [0.2, 0.25) is 0 Å². The molecule has 0 aliphatic heterocycles. The Morgan fingerprint density at radius 2 is 1.86 bits per heavy atom. The zero-order valence-electron chi connectivity index (χ0n) is 12.2. The zero-order chi connectivity index (χ0) is 16.0. The number of sulfone groups is 1. The van der Waals surface area contributed by atoms with Gasteiger partial charge in [-0.25, -0.2) is 8.42 Å². The van der Waals surface area contributed by atoms with Gasteiger partial charge in [-0.15, -0.1) is 0 Å². The predicted octanol–water partition coefficient (Wildman–Crippen LogP) is 3.98. The predicted molar refractivity (Wildman–Crippen MR) is 91.0 cm³/mol. The van der Waals surface area contributed by atoms with E-state index in [2.05, 4.69) is 0 Å². The molecule has 0 bridgehead atoms. The summed E-state index contributed by atoms with van der Waals surface area (Å²) in [5, 5.41) is 0.492. The Kier molecular flexibility index (Phi) is 5.63. The second-order valence-electron chi connectivity index (χ2n) is 4.82. The van der Waals surface area contributed by atoms with Crippen LogP contribution >= 0.6 is 11.6 Å². The van der Waals surface area contributed by atoms with Crippen LogP contribution in [0.3, 0.4) is 0 Å². The van der Waals surface area contributed by atoms with E-state index in [-0.39, 0.29) is 11.5 Å². The van der Waals surface area contributed by atoms with Crippen LogP contribution in [0.1, 0.15) is 11.1 Å². The van der Waals surface area contributed by atoms with E-state index >= 15 is 0 Å². The van der Waals surface area contributed by atoms with Gasteiger partial charge in [-0.05, 0) is 23.8 Å². The summed E-state index contributed by atoms with van der Waals surface area (Å²) in [6, 6.07) is 14.5. The Bertz CT molecular complexity index is 753. The molecule has 5 heteroatoms. The monoisotopic (exact) mass is 336 g/mol. The molecule has 0 aromatic heterocycles. The molecule has 0 fully saturated rings. The molecular formula is C17H17ClO3S. The van der Waals surface area contributed by atoms with Crippen molar-refractivity contribution in [2.45, 2.75) is 5.75 Å². The van der Waals surface area contributed by atoms with Crippen LogP contribution in [0, 0.1) is 0 Å². The maximum atomic E-state index is 12.2. The van der Waals surface area contributed by atoms with Gasteiger partial charge in [0, 0.05) is 10.6 Å². The van der Waals surface area contributed by atoms with Gasteiger partial charge in [0.15, 0.2) is 9.84 Å². The lowest BCUT2D eigenvalue weighted by Crippen LogP contribution is -2.08. The first kappa shape index (κ1) is 16.6. The van der Waals surface area contributed by atoms with Crippen molar-refractivity contribution in [3.05, 3.63) is 70.8 Å². The minimum atomic E-state index is -3.28. The van der Waals surface area contributed by atoms with E-state index in [0.717, 1.165) is 5.56 Å². The quantitative estimate of drug-likeness (QED) is 0.801. The molecule has 116 valence electrons. The summed E-state index contributed by atoms with van der Waals surface area (Å²) in [5.74, 6) is 0.396. The second kappa shape index (κ2) is 7.47. The highest BCUT2D eigenvalue weighted by molar-refractivity contribution is 7.90. The summed E-state index contributed by atoms with van der Waals surface area (Å²) in [6.07, 6.45) is 3.45. The Labute approximate surface area is 136 Å². The van der Waals surface area contributed by atoms with E-state index in [0.29, 0.717) is 16.3 Å². The number of rotatable bonds is 6. The minimum Gasteiger partial charge on any atom is -0.496 e. The summed E-state index contributed by atoms with van der Waals surface area (Å²) < 4.78 is 29.6. The number of methoxy groups -OCH3 is 1. The second-order valence-corrected chi connectivity index (χ2v) is 7.37. The molecule has 0 aliphatic rings. The first-order valence-electron chi connectivity index (χ1n) is 6.74. The highest BCUT2D eigenvalue weighted by atomic mass is 35.5. The highest BCUT2D eigenvalue weighted by Crippen LogP contribution is 2.24. The van der Waals surface area contributed by atoms with E-state index in [4.69, 9.17) is 16.3 Å². The van der Waals surface area contributed by atoms with Gasteiger partial charge in [0.1, 0.15) is 5.75 Å². The Morgan fingerprint density at radius 3 is 2.55 bits per heavy atom. The molecule has 0 N–H and O–H groups in total. The number of halogens is 1. The van der Waals surface area contributed by atoms with Crippen molar-refractivity contribution in [3.8, 4) is 5.75 Å². The summed E-state index contributed by atoms with van der Waals surface area (Å²) in [6.45, 7) is 0. The maximum Gasteiger partial charge on any atom is 0.158 e. The van der Waals surface area contributed by atoms with Crippen LogP contribution in [-0.2, 0) is 15.6 Å². The van der Waals surface area contributed by atoms with Crippen LogP contribution in [0.25, 0.3) is 6.08 Å². The van der Waals surface area contributed by atoms with Crippen molar-refractivity contribution >= 4 is 27.5 Å². The first-order valence-corrected chi connectivity index (χ1v) is 8.94. The van der Waals surface area contributed by atoms with Crippen molar-refractivity contribution in [2.75, 3.05) is 12.9 Å². The SMILES string of the molecule is COc1ccc(Cl)cc1CS(=O)(=O)C/C=C/c1ccccc1. The van der Waals surface area contributed by atoms with Crippen LogP contribution in [0.4, 0.5) is 0 Å². The molecule has 0 unspecified atom stereocenters. The molecule has 0 radical (unpaired) electrons. The summed E-state index contributed by atoms with van der Waals surface area (Å²) in [5.41, 5.74) is 1.54. The lowest BCUT2D eigenvalue weighted by molar-refractivity contribution is 0.411. The number of ether oxygens (including phenoxy) is 1. The van der Waals surface area contributed by atoms with Crippen LogP contribution in [0.15, 0.2) is 54.6 Å². The van der Waals surface area contributed by atoms with E-state index in [1.54, 1.807) is 30.4 Å². The lowest BCUT2D eigenvalue weighted by atomic mass is 10.2. The van der Waals surface area contributed by atoms with Gasteiger partial charge >= 0.3 is 0 Å². The van der Waals surface area contributed by atoms with Crippen LogP contribution < -0.4 is 4.74 Å². The van der Waals surface area contributed by atoms with E-state index in [9.17, 15) is 8.42 Å². The average Bonchev–Trinajstić information content (AvgIpc) is 2.48. The number of hydrogen-bond acceptors (Lipinski definition) is 3. The van der Waals surface area contributed by atoms with Crippen LogP contribution in [0.2, 0.25) is 5.02 Å². The standard InChI is InChI=1S/C17H17ClO3S/c1-21-17-10-9-16(18)12-15(17)13-22(19,20)11-5-8-14-6-3-2-4-7-14/h2-10,12H,11,13H2,1H3/b8-5+. The molecule has 0 atom stereocenters. The Hall–Kier alpha value is -1.78.